The average Bonchev–Trinajstić information content (AvgIpc) is 3.02. The van der Waals surface area contributed by atoms with E-state index in [1.165, 1.54) is 32.1 Å². The number of anilines is 2. The zero-order valence-electron chi connectivity index (χ0n) is 24.3. The molecule has 1 atom stereocenters. The van der Waals surface area contributed by atoms with Crippen molar-refractivity contribution in [2.24, 2.45) is 0 Å². The number of carbonyl (C=O) groups excluding carboxylic acids is 3. The van der Waals surface area contributed by atoms with E-state index in [1.54, 1.807) is 66.7 Å². The number of para-hydroxylation sites is 2. The van der Waals surface area contributed by atoms with Gasteiger partial charge in [0.25, 0.3) is 11.8 Å². The Labute approximate surface area is 255 Å². The van der Waals surface area contributed by atoms with Gasteiger partial charge in [0.1, 0.15) is 5.70 Å². The Bertz CT molecular complexity index is 1640. The van der Waals surface area contributed by atoms with Gasteiger partial charge in [0.05, 0.1) is 19.5 Å². The molecule has 4 rings (SSSR count). The predicted octanol–water partition coefficient (Wildman–Crippen LogP) is 6.54. The second-order valence-corrected chi connectivity index (χ2v) is 10.9. The number of thioether (sulfide) groups is 1. The van der Waals surface area contributed by atoms with Crippen molar-refractivity contribution in [1.82, 2.24) is 5.32 Å². The molecule has 0 aliphatic carbocycles. The molecule has 0 radical (unpaired) electrons. The van der Waals surface area contributed by atoms with Crippen molar-refractivity contribution in [2.75, 3.05) is 24.9 Å². The summed E-state index contributed by atoms with van der Waals surface area (Å²) in [6.07, 6.45) is 1.54. The summed E-state index contributed by atoms with van der Waals surface area (Å²) in [6, 6.07) is 28.7. The molecule has 0 spiro atoms. The maximum absolute atomic E-state index is 13.6. The van der Waals surface area contributed by atoms with Crippen LogP contribution in [0.25, 0.3) is 6.08 Å². The van der Waals surface area contributed by atoms with Crippen LogP contribution in [0.5, 0.6) is 11.5 Å². The summed E-state index contributed by atoms with van der Waals surface area (Å²) in [5.41, 5.74) is 3.19. The van der Waals surface area contributed by atoms with E-state index in [-0.39, 0.29) is 11.6 Å². The molecular weight excluding hydrogens is 562 g/mol. The first-order valence-electron chi connectivity index (χ1n) is 13.5. The van der Waals surface area contributed by atoms with E-state index in [9.17, 15) is 14.4 Å². The highest BCUT2D eigenvalue weighted by Crippen LogP contribution is 2.32. The first-order chi connectivity index (χ1) is 20.8. The van der Waals surface area contributed by atoms with Gasteiger partial charge in [-0.05, 0) is 68.0 Å². The first kappa shape index (κ1) is 30.9. The van der Waals surface area contributed by atoms with Crippen LogP contribution in [0.3, 0.4) is 0 Å². The monoisotopic (exact) mass is 595 g/mol. The van der Waals surface area contributed by atoms with Gasteiger partial charge in [0, 0.05) is 27.4 Å². The van der Waals surface area contributed by atoms with E-state index in [0.717, 1.165) is 16.1 Å². The zero-order valence-corrected chi connectivity index (χ0v) is 25.2. The smallest absolute Gasteiger partial charge is 0.272 e. The minimum atomic E-state index is -0.540. The van der Waals surface area contributed by atoms with Crippen molar-refractivity contribution in [1.29, 1.82) is 0 Å². The lowest BCUT2D eigenvalue weighted by molar-refractivity contribution is -0.115. The molecule has 1 unspecified atom stereocenters. The molecule has 3 N–H and O–H groups in total. The van der Waals surface area contributed by atoms with Gasteiger partial charge in [-0.2, -0.15) is 0 Å². The van der Waals surface area contributed by atoms with Crippen LogP contribution in [0, 0.1) is 6.92 Å². The third-order valence-electron chi connectivity index (χ3n) is 6.44. The lowest BCUT2D eigenvalue weighted by Crippen LogP contribution is -2.30. The molecule has 0 aliphatic rings. The number of amides is 3. The second kappa shape index (κ2) is 14.7. The molecule has 220 valence electrons. The van der Waals surface area contributed by atoms with Gasteiger partial charge < -0.3 is 25.4 Å². The van der Waals surface area contributed by atoms with E-state index >= 15 is 0 Å². The molecule has 0 saturated carbocycles. The van der Waals surface area contributed by atoms with E-state index in [0.29, 0.717) is 28.3 Å². The van der Waals surface area contributed by atoms with Gasteiger partial charge in [-0.15, -0.1) is 11.8 Å². The molecule has 0 saturated heterocycles. The molecule has 9 heteroatoms. The van der Waals surface area contributed by atoms with E-state index in [1.807, 2.05) is 44.2 Å². The molecule has 0 heterocycles. The van der Waals surface area contributed by atoms with E-state index in [4.69, 9.17) is 9.47 Å². The third-order valence-corrected chi connectivity index (χ3v) is 7.53. The average molecular weight is 596 g/mol. The molecule has 0 bridgehead atoms. The SMILES string of the molecule is COc1cccc(/C=C(/NC(=O)c2ccccc2)C(=O)Nc2cccc(SC(C)C(=O)Nc3ccccc3C)c2)c1OC. The fraction of sp³-hybridized carbons (Fsp3) is 0.147. The quantitative estimate of drug-likeness (QED) is 0.134. The largest absolute Gasteiger partial charge is 0.493 e. The minimum Gasteiger partial charge on any atom is -0.493 e. The van der Waals surface area contributed by atoms with Crippen molar-refractivity contribution < 1.29 is 23.9 Å². The number of benzene rings is 4. The van der Waals surface area contributed by atoms with E-state index in [2.05, 4.69) is 16.0 Å². The molecule has 4 aromatic carbocycles. The standard InChI is InChI=1S/C34H33N3O5S/c1-22-12-8-9-18-28(22)36-32(38)23(2)43-27-17-11-16-26(21-27)35-34(40)29(37-33(39)24-13-6-5-7-14-24)20-25-15-10-19-30(41-3)31(25)42-4/h5-21,23H,1-4H3,(H,35,40)(H,36,38)(H,37,39)/b29-20+. The molecule has 0 fully saturated rings. The lowest BCUT2D eigenvalue weighted by Gasteiger charge is -2.15. The van der Waals surface area contributed by atoms with E-state index < -0.39 is 17.1 Å². The van der Waals surface area contributed by atoms with Crippen molar-refractivity contribution in [3.8, 4) is 11.5 Å². The van der Waals surface area contributed by atoms with Gasteiger partial charge >= 0.3 is 0 Å². The van der Waals surface area contributed by atoms with Crippen LogP contribution in [-0.2, 0) is 9.59 Å². The number of hydrogen-bond donors (Lipinski definition) is 3. The Morgan fingerprint density at radius 3 is 2.26 bits per heavy atom. The summed E-state index contributed by atoms with van der Waals surface area (Å²) in [4.78, 5) is 40.3. The van der Waals surface area contributed by atoms with Crippen LogP contribution in [0.1, 0.15) is 28.4 Å². The zero-order chi connectivity index (χ0) is 30.8. The first-order valence-corrected chi connectivity index (χ1v) is 14.4. The summed E-state index contributed by atoms with van der Waals surface area (Å²) in [5, 5.41) is 8.17. The second-order valence-electron chi connectivity index (χ2n) is 9.51. The Hall–Kier alpha value is -5.02. The highest BCUT2D eigenvalue weighted by Gasteiger charge is 2.19. The fourth-order valence-electron chi connectivity index (χ4n) is 4.17. The van der Waals surface area contributed by atoms with Crippen molar-refractivity contribution >= 4 is 46.9 Å². The van der Waals surface area contributed by atoms with Crippen LogP contribution >= 0.6 is 11.8 Å². The summed E-state index contributed by atoms with van der Waals surface area (Å²) in [5.74, 6) is -0.213. The number of ether oxygens (including phenoxy) is 2. The van der Waals surface area contributed by atoms with Crippen LogP contribution < -0.4 is 25.4 Å². The Morgan fingerprint density at radius 2 is 1.53 bits per heavy atom. The summed E-state index contributed by atoms with van der Waals surface area (Å²) < 4.78 is 10.9. The van der Waals surface area contributed by atoms with Gasteiger partial charge in [0.15, 0.2) is 11.5 Å². The normalized spacial score (nSPS) is 11.7. The number of methoxy groups -OCH3 is 2. The molecule has 0 aromatic heterocycles. The maximum Gasteiger partial charge on any atom is 0.272 e. The van der Waals surface area contributed by atoms with Gasteiger partial charge in [-0.25, -0.2) is 0 Å². The van der Waals surface area contributed by atoms with Gasteiger partial charge in [-0.1, -0.05) is 54.6 Å². The Balaban J connectivity index is 1.55. The Kier molecular flexibility index (Phi) is 10.6. The number of carbonyl (C=O) groups is 3. The molecule has 3 amide bonds. The van der Waals surface area contributed by atoms with Gasteiger partial charge in [-0.3, -0.25) is 14.4 Å². The highest BCUT2D eigenvalue weighted by molar-refractivity contribution is 8.00. The maximum atomic E-state index is 13.6. The van der Waals surface area contributed by atoms with Crippen LogP contribution in [0.4, 0.5) is 11.4 Å². The fourth-order valence-corrected chi connectivity index (χ4v) is 5.10. The van der Waals surface area contributed by atoms with Crippen LogP contribution in [-0.4, -0.2) is 37.2 Å². The van der Waals surface area contributed by atoms with Crippen molar-refractivity contribution in [3.63, 3.8) is 0 Å². The van der Waals surface area contributed by atoms with Gasteiger partial charge in [0.2, 0.25) is 5.91 Å². The number of rotatable bonds is 11. The summed E-state index contributed by atoms with van der Waals surface area (Å²) in [7, 11) is 3.03. The topological polar surface area (TPSA) is 106 Å². The number of nitrogens with one attached hydrogen (secondary N) is 3. The van der Waals surface area contributed by atoms with Crippen molar-refractivity contribution in [3.05, 3.63) is 119 Å². The van der Waals surface area contributed by atoms with Crippen LogP contribution in [0.15, 0.2) is 108 Å². The lowest BCUT2D eigenvalue weighted by atomic mass is 10.1. The predicted molar refractivity (Wildman–Crippen MR) is 172 cm³/mol. The minimum absolute atomic E-state index is 0.00411. The molecule has 4 aromatic rings. The highest BCUT2D eigenvalue weighted by atomic mass is 32.2. The molecule has 43 heavy (non-hydrogen) atoms. The Morgan fingerprint density at radius 1 is 0.814 bits per heavy atom. The molecule has 0 aliphatic heterocycles. The number of aryl methyl sites for hydroxylation is 1. The third kappa shape index (κ3) is 8.27. The number of hydrogen-bond acceptors (Lipinski definition) is 6. The molecule has 8 nitrogen and oxygen atoms in total. The summed E-state index contributed by atoms with van der Waals surface area (Å²) >= 11 is 1.37. The van der Waals surface area contributed by atoms with Crippen LogP contribution in [0.2, 0.25) is 0 Å². The molecular formula is C34H33N3O5S. The van der Waals surface area contributed by atoms with Crippen molar-refractivity contribution in [2.45, 2.75) is 24.0 Å². The summed E-state index contributed by atoms with van der Waals surface area (Å²) in [6.45, 7) is 3.76.